The number of hydrogen-bond donors (Lipinski definition) is 2. The average Bonchev–Trinajstić information content (AvgIpc) is 2.96. The van der Waals surface area contributed by atoms with E-state index in [4.69, 9.17) is 10.4 Å². The average molecular weight is 291 g/mol. The highest BCUT2D eigenvalue weighted by atomic mass is 32.1. The predicted octanol–water partition coefficient (Wildman–Crippen LogP) is 1.93. The Morgan fingerprint density at radius 1 is 1.65 bits per heavy atom. The smallest absolute Gasteiger partial charge is 0.355 e. The fourth-order valence-corrected chi connectivity index (χ4v) is 2.61. The standard InChI is InChI=1S/C12H13N5O2S/c1-6-8(4-13)10(17(3)16-6)14-7(2)11-15-9(5-20-11)12(18)19/h5,7,14H,1-3H3,(H,18,19). The van der Waals surface area contributed by atoms with Crippen LogP contribution in [0.4, 0.5) is 5.82 Å². The molecule has 2 N–H and O–H groups in total. The van der Waals surface area contributed by atoms with Crippen molar-refractivity contribution in [2.45, 2.75) is 19.9 Å². The van der Waals surface area contributed by atoms with Gasteiger partial charge in [0, 0.05) is 12.4 Å². The van der Waals surface area contributed by atoms with Gasteiger partial charge in [0.15, 0.2) is 5.69 Å². The molecule has 0 saturated heterocycles. The number of nitrogens with one attached hydrogen (secondary N) is 1. The van der Waals surface area contributed by atoms with Crippen LogP contribution < -0.4 is 5.32 Å². The summed E-state index contributed by atoms with van der Waals surface area (Å²) >= 11 is 1.26. The first-order valence-electron chi connectivity index (χ1n) is 5.83. The third kappa shape index (κ3) is 2.48. The van der Waals surface area contributed by atoms with Crippen molar-refractivity contribution in [3.63, 3.8) is 0 Å². The molecule has 0 aromatic carbocycles. The van der Waals surface area contributed by atoms with Crippen molar-refractivity contribution >= 4 is 23.1 Å². The fraction of sp³-hybridized carbons (Fsp3) is 0.333. The Morgan fingerprint density at radius 2 is 2.35 bits per heavy atom. The van der Waals surface area contributed by atoms with Gasteiger partial charge in [-0.05, 0) is 13.8 Å². The van der Waals surface area contributed by atoms with Crippen LogP contribution in [-0.4, -0.2) is 25.8 Å². The minimum Gasteiger partial charge on any atom is -0.476 e. The van der Waals surface area contributed by atoms with Gasteiger partial charge in [-0.25, -0.2) is 9.78 Å². The normalized spacial score (nSPS) is 11.9. The minimum absolute atomic E-state index is 0.0281. The second kappa shape index (κ2) is 5.30. The lowest BCUT2D eigenvalue weighted by Gasteiger charge is -2.12. The number of carbonyl (C=O) groups is 1. The maximum atomic E-state index is 10.8. The van der Waals surface area contributed by atoms with Gasteiger partial charge in [0.25, 0.3) is 0 Å². The number of aromatic nitrogens is 3. The highest BCUT2D eigenvalue weighted by Crippen LogP contribution is 2.25. The van der Waals surface area contributed by atoms with E-state index < -0.39 is 5.97 Å². The molecule has 2 heterocycles. The molecule has 104 valence electrons. The lowest BCUT2D eigenvalue weighted by atomic mass is 10.2. The van der Waals surface area contributed by atoms with Crippen molar-refractivity contribution in [2.75, 3.05) is 5.32 Å². The highest BCUT2D eigenvalue weighted by molar-refractivity contribution is 7.09. The van der Waals surface area contributed by atoms with Crippen LogP contribution in [0.2, 0.25) is 0 Å². The number of nitrogens with zero attached hydrogens (tertiary/aromatic N) is 4. The highest BCUT2D eigenvalue weighted by Gasteiger charge is 2.18. The van der Waals surface area contributed by atoms with E-state index in [2.05, 4.69) is 21.5 Å². The second-order valence-electron chi connectivity index (χ2n) is 4.29. The predicted molar refractivity (Wildman–Crippen MR) is 73.8 cm³/mol. The van der Waals surface area contributed by atoms with E-state index in [1.807, 2.05) is 6.92 Å². The van der Waals surface area contributed by atoms with Crippen LogP contribution in [0.3, 0.4) is 0 Å². The van der Waals surface area contributed by atoms with Gasteiger partial charge in [0.05, 0.1) is 11.7 Å². The summed E-state index contributed by atoms with van der Waals surface area (Å²) in [5.74, 6) is -0.446. The summed E-state index contributed by atoms with van der Waals surface area (Å²) in [6, 6.07) is 1.90. The molecule has 0 fully saturated rings. The molecule has 0 amide bonds. The summed E-state index contributed by atoms with van der Waals surface area (Å²) in [6.07, 6.45) is 0. The van der Waals surface area contributed by atoms with Crippen LogP contribution in [-0.2, 0) is 7.05 Å². The first-order valence-corrected chi connectivity index (χ1v) is 6.71. The van der Waals surface area contributed by atoms with Crippen molar-refractivity contribution in [2.24, 2.45) is 7.05 Å². The number of aryl methyl sites for hydroxylation is 2. The Bertz CT molecular complexity index is 697. The van der Waals surface area contributed by atoms with Crippen molar-refractivity contribution in [3.8, 4) is 6.07 Å². The zero-order valence-electron chi connectivity index (χ0n) is 11.2. The van der Waals surface area contributed by atoms with Gasteiger partial charge < -0.3 is 10.4 Å². The van der Waals surface area contributed by atoms with Gasteiger partial charge in [0.2, 0.25) is 0 Å². The molecule has 0 aliphatic carbocycles. The molecular formula is C12H13N5O2S. The summed E-state index contributed by atoms with van der Waals surface area (Å²) in [4.78, 5) is 14.9. The molecule has 0 saturated carbocycles. The molecule has 2 rings (SSSR count). The number of thiazole rings is 1. The first kappa shape index (κ1) is 14.0. The van der Waals surface area contributed by atoms with Crippen molar-refractivity contribution in [3.05, 3.63) is 27.3 Å². The molecule has 1 unspecified atom stereocenters. The second-order valence-corrected chi connectivity index (χ2v) is 5.18. The molecule has 8 heteroatoms. The molecule has 7 nitrogen and oxygen atoms in total. The zero-order valence-corrected chi connectivity index (χ0v) is 12.0. The molecule has 1 atom stereocenters. The van der Waals surface area contributed by atoms with E-state index in [-0.39, 0.29) is 11.7 Å². The van der Waals surface area contributed by atoms with Crippen molar-refractivity contribution in [1.29, 1.82) is 5.26 Å². The van der Waals surface area contributed by atoms with Crippen LogP contribution >= 0.6 is 11.3 Å². The van der Waals surface area contributed by atoms with E-state index >= 15 is 0 Å². The quantitative estimate of drug-likeness (QED) is 0.892. The van der Waals surface area contributed by atoms with Crippen LogP contribution in [0.15, 0.2) is 5.38 Å². The summed E-state index contributed by atoms with van der Waals surface area (Å²) in [5, 5.41) is 27.5. The number of anilines is 1. The Morgan fingerprint density at radius 3 is 2.90 bits per heavy atom. The number of nitriles is 1. The molecule has 2 aromatic heterocycles. The SMILES string of the molecule is Cc1nn(C)c(NC(C)c2nc(C(=O)O)cs2)c1C#N. The van der Waals surface area contributed by atoms with Gasteiger partial charge in [-0.1, -0.05) is 0 Å². The third-order valence-electron chi connectivity index (χ3n) is 2.80. The minimum atomic E-state index is -1.05. The molecule has 0 spiro atoms. The topological polar surface area (TPSA) is 104 Å². The van der Waals surface area contributed by atoms with Crippen molar-refractivity contribution < 1.29 is 9.90 Å². The molecule has 20 heavy (non-hydrogen) atoms. The molecular weight excluding hydrogens is 278 g/mol. The summed E-state index contributed by atoms with van der Waals surface area (Å²) < 4.78 is 1.59. The molecule has 0 aliphatic heterocycles. The Balaban J connectivity index is 2.25. The van der Waals surface area contributed by atoms with Crippen LogP contribution in [0.25, 0.3) is 0 Å². The van der Waals surface area contributed by atoms with Gasteiger partial charge in [0.1, 0.15) is 22.5 Å². The lowest BCUT2D eigenvalue weighted by molar-refractivity contribution is 0.0691. The monoisotopic (exact) mass is 291 g/mol. The number of carboxylic acid groups (broad SMARTS) is 1. The van der Waals surface area contributed by atoms with Gasteiger partial charge >= 0.3 is 5.97 Å². The van der Waals surface area contributed by atoms with E-state index in [0.29, 0.717) is 22.1 Å². The molecule has 2 aromatic rings. The molecule has 0 aliphatic rings. The third-order valence-corrected chi connectivity index (χ3v) is 3.83. The van der Waals surface area contributed by atoms with Crippen LogP contribution in [0.5, 0.6) is 0 Å². The number of aromatic carboxylic acids is 1. The number of rotatable bonds is 4. The molecule has 0 bridgehead atoms. The number of hydrogen-bond acceptors (Lipinski definition) is 6. The van der Waals surface area contributed by atoms with Crippen LogP contribution in [0.1, 0.15) is 39.7 Å². The number of carboxylic acids is 1. The van der Waals surface area contributed by atoms with Crippen molar-refractivity contribution in [1.82, 2.24) is 14.8 Å². The molecule has 0 radical (unpaired) electrons. The Labute approximate surface area is 119 Å². The Kier molecular flexibility index (Phi) is 3.72. The fourth-order valence-electron chi connectivity index (χ4n) is 1.81. The maximum absolute atomic E-state index is 10.8. The van der Waals surface area contributed by atoms with Crippen LogP contribution in [0, 0.1) is 18.3 Å². The largest absolute Gasteiger partial charge is 0.476 e. The van der Waals surface area contributed by atoms with E-state index in [0.717, 1.165) is 0 Å². The van der Waals surface area contributed by atoms with Gasteiger partial charge in [-0.3, -0.25) is 4.68 Å². The summed E-state index contributed by atoms with van der Waals surface area (Å²) in [6.45, 7) is 3.62. The van der Waals surface area contributed by atoms with E-state index in [9.17, 15) is 4.79 Å². The zero-order chi connectivity index (χ0) is 14.9. The van der Waals surface area contributed by atoms with E-state index in [1.165, 1.54) is 16.7 Å². The lowest BCUT2D eigenvalue weighted by Crippen LogP contribution is -2.11. The van der Waals surface area contributed by atoms with Gasteiger partial charge in [-0.2, -0.15) is 10.4 Å². The summed E-state index contributed by atoms with van der Waals surface area (Å²) in [7, 11) is 1.74. The van der Waals surface area contributed by atoms with E-state index in [1.54, 1.807) is 18.7 Å². The Hall–Kier alpha value is -2.40. The van der Waals surface area contributed by atoms with Gasteiger partial charge in [-0.15, -0.1) is 11.3 Å². The first-order chi connectivity index (χ1) is 9.43. The summed E-state index contributed by atoms with van der Waals surface area (Å²) in [5.41, 5.74) is 1.16. The maximum Gasteiger partial charge on any atom is 0.355 e.